The van der Waals surface area contributed by atoms with E-state index in [9.17, 15) is 0 Å². The number of hydrogen-bond donors (Lipinski definition) is 1. The predicted octanol–water partition coefficient (Wildman–Crippen LogP) is 2.10. The first kappa shape index (κ1) is 8.54. The van der Waals surface area contributed by atoms with E-state index in [0.717, 1.165) is 0 Å². The lowest BCUT2D eigenvalue weighted by atomic mass is 9.80. The SMILES string of the molecule is CC(C)(C)C1=CC2C=NNC2C=C1. The molecule has 0 bridgehead atoms. The minimum Gasteiger partial charge on any atom is -0.302 e. The normalized spacial score (nSPS) is 31.2. The summed E-state index contributed by atoms with van der Waals surface area (Å²) in [4.78, 5) is 0. The summed E-state index contributed by atoms with van der Waals surface area (Å²) in [5, 5.41) is 4.07. The molecule has 1 aliphatic heterocycles. The Morgan fingerprint density at radius 2 is 2.15 bits per heavy atom. The molecule has 2 aliphatic rings. The zero-order chi connectivity index (χ0) is 9.47. The van der Waals surface area contributed by atoms with Gasteiger partial charge in [0.25, 0.3) is 0 Å². The van der Waals surface area contributed by atoms with E-state index in [1.54, 1.807) is 0 Å². The second kappa shape index (κ2) is 2.72. The minimum atomic E-state index is 0.248. The molecule has 0 spiro atoms. The molecule has 1 aliphatic carbocycles. The van der Waals surface area contributed by atoms with Crippen molar-refractivity contribution in [3.05, 3.63) is 23.8 Å². The summed E-state index contributed by atoms with van der Waals surface area (Å²) in [5.74, 6) is 0.458. The molecule has 2 nitrogen and oxygen atoms in total. The lowest BCUT2D eigenvalue weighted by Gasteiger charge is -2.26. The van der Waals surface area contributed by atoms with Crippen molar-refractivity contribution in [3.63, 3.8) is 0 Å². The number of fused-ring (bicyclic) bond motifs is 1. The van der Waals surface area contributed by atoms with Crippen LogP contribution in [0.4, 0.5) is 0 Å². The fourth-order valence-electron chi connectivity index (χ4n) is 1.68. The van der Waals surface area contributed by atoms with Gasteiger partial charge in [-0.3, -0.25) is 0 Å². The minimum absolute atomic E-state index is 0.248. The highest BCUT2D eigenvalue weighted by Gasteiger charge is 2.26. The number of hydrazone groups is 1. The molecule has 1 heterocycles. The second-order valence-electron chi connectivity index (χ2n) is 4.74. The smallest absolute Gasteiger partial charge is 0.0736 e. The van der Waals surface area contributed by atoms with Crippen LogP contribution in [0, 0.1) is 11.3 Å². The molecule has 13 heavy (non-hydrogen) atoms. The molecule has 2 heteroatoms. The average Bonchev–Trinajstić information content (AvgIpc) is 2.47. The Morgan fingerprint density at radius 3 is 2.85 bits per heavy atom. The first-order chi connectivity index (χ1) is 6.07. The standard InChI is InChI=1S/C11H16N2/c1-11(2,3)9-4-5-10-8(6-9)7-12-13-10/h4-8,10,13H,1-3H3. The third-order valence-corrected chi connectivity index (χ3v) is 2.61. The predicted molar refractivity (Wildman–Crippen MR) is 55.6 cm³/mol. The van der Waals surface area contributed by atoms with Crippen LogP contribution in [-0.4, -0.2) is 12.3 Å². The van der Waals surface area contributed by atoms with Crippen LogP contribution in [0.15, 0.2) is 28.9 Å². The zero-order valence-corrected chi connectivity index (χ0v) is 8.41. The Balaban J connectivity index is 2.24. The van der Waals surface area contributed by atoms with E-state index in [0.29, 0.717) is 12.0 Å². The summed E-state index contributed by atoms with van der Waals surface area (Å²) >= 11 is 0. The van der Waals surface area contributed by atoms with Gasteiger partial charge in [0.15, 0.2) is 0 Å². The molecular weight excluding hydrogens is 160 g/mol. The van der Waals surface area contributed by atoms with E-state index in [1.165, 1.54) is 5.57 Å². The van der Waals surface area contributed by atoms with Crippen LogP contribution < -0.4 is 5.43 Å². The van der Waals surface area contributed by atoms with E-state index < -0.39 is 0 Å². The van der Waals surface area contributed by atoms with E-state index in [-0.39, 0.29) is 5.41 Å². The van der Waals surface area contributed by atoms with Crippen LogP contribution >= 0.6 is 0 Å². The van der Waals surface area contributed by atoms with Crippen LogP contribution in [0.25, 0.3) is 0 Å². The van der Waals surface area contributed by atoms with Crippen molar-refractivity contribution in [2.45, 2.75) is 26.8 Å². The van der Waals surface area contributed by atoms with Crippen molar-refractivity contribution in [1.82, 2.24) is 5.43 Å². The van der Waals surface area contributed by atoms with Crippen molar-refractivity contribution in [2.75, 3.05) is 0 Å². The molecule has 2 unspecified atom stereocenters. The fraction of sp³-hybridized carbons (Fsp3) is 0.545. The summed E-state index contributed by atoms with van der Waals surface area (Å²) in [6.45, 7) is 6.72. The van der Waals surface area contributed by atoms with Crippen LogP contribution in [0.2, 0.25) is 0 Å². The Kier molecular flexibility index (Phi) is 1.79. The molecule has 0 radical (unpaired) electrons. The van der Waals surface area contributed by atoms with Gasteiger partial charge in [0.05, 0.1) is 6.04 Å². The van der Waals surface area contributed by atoms with Gasteiger partial charge in [0, 0.05) is 12.1 Å². The van der Waals surface area contributed by atoms with E-state index >= 15 is 0 Å². The maximum atomic E-state index is 4.07. The molecule has 2 rings (SSSR count). The number of rotatable bonds is 0. The van der Waals surface area contributed by atoms with Crippen LogP contribution in [0.3, 0.4) is 0 Å². The number of nitrogens with one attached hydrogen (secondary N) is 1. The molecule has 0 aromatic rings. The highest BCUT2D eigenvalue weighted by atomic mass is 15.3. The lowest BCUT2D eigenvalue weighted by molar-refractivity contribution is 0.501. The summed E-state index contributed by atoms with van der Waals surface area (Å²) < 4.78 is 0. The quantitative estimate of drug-likeness (QED) is 0.600. The fourth-order valence-corrected chi connectivity index (χ4v) is 1.68. The van der Waals surface area contributed by atoms with Crippen molar-refractivity contribution in [2.24, 2.45) is 16.4 Å². The summed E-state index contributed by atoms with van der Waals surface area (Å²) in [6.07, 6.45) is 8.72. The van der Waals surface area contributed by atoms with Gasteiger partial charge < -0.3 is 5.43 Å². The van der Waals surface area contributed by atoms with Crippen molar-refractivity contribution in [3.8, 4) is 0 Å². The summed E-state index contributed by atoms with van der Waals surface area (Å²) in [7, 11) is 0. The number of nitrogens with zero attached hydrogens (tertiary/aromatic N) is 1. The van der Waals surface area contributed by atoms with Crippen molar-refractivity contribution in [1.29, 1.82) is 0 Å². The van der Waals surface area contributed by atoms with Gasteiger partial charge in [-0.1, -0.05) is 39.0 Å². The summed E-state index contributed by atoms with van der Waals surface area (Å²) in [5.41, 5.74) is 4.72. The van der Waals surface area contributed by atoms with E-state index in [1.807, 2.05) is 6.21 Å². The molecule has 1 N–H and O–H groups in total. The Bertz CT molecular complexity index is 292. The van der Waals surface area contributed by atoms with Gasteiger partial charge in [-0.25, -0.2) is 0 Å². The Labute approximate surface area is 79.4 Å². The largest absolute Gasteiger partial charge is 0.302 e. The van der Waals surface area contributed by atoms with Gasteiger partial charge in [-0.15, -0.1) is 0 Å². The second-order valence-corrected chi connectivity index (χ2v) is 4.74. The Hall–Kier alpha value is -1.05. The summed E-state index contributed by atoms with van der Waals surface area (Å²) in [6, 6.07) is 0.395. The van der Waals surface area contributed by atoms with E-state index in [4.69, 9.17) is 0 Å². The van der Waals surface area contributed by atoms with Gasteiger partial charge >= 0.3 is 0 Å². The van der Waals surface area contributed by atoms with E-state index in [2.05, 4.69) is 49.5 Å². The van der Waals surface area contributed by atoms with Crippen LogP contribution in [-0.2, 0) is 0 Å². The molecule has 0 fully saturated rings. The monoisotopic (exact) mass is 176 g/mol. The van der Waals surface area contributed by atoms with Gasteiger partial charge in [0.1, 0.15) is 0 Å². The third kappa shape index (κ3) is 1.53. The first-order valence-corrected chi connectivity index (χ1v) is 4.76. The number of allylic oxidation sites excluding steroid dienone is 2. The molecule has 0 saturated carbocycles. The number of hydrogen-bond acceptors (Lipinski definition) is 2. The van der Waals surface area contributed by atoms with Crippen LogP contribution in [0.5, 0.6) is 0 Å². The average molecular weight is 176 g/mol. The first-order valence-electron chi connectivity index (χ1n) is 4.76. The molecule has 0 aromatic carbocycles. The Morgan fingerprint density at radius 1 is 1.38 bits per heavy atom. The van der Waals surface area contributed by atoms with Crippen molar-refractivity contribution >= 4 is 6.21 Å². The zero-order valence-electron chi connectivity index (χ0n) is 8.41. The molecule has 0 saturated heterocycles. The molecule has 2 atom stereocenters. The molecule has 0 aromatic heterocycles. The maximum absolute atomic E-state index is 4.07. The lowest BCUT2D eigenvalue weighted by Crippen LogP contribution is -2.27. The maximum Gasteiger partial charge on any atom is 0.0736 e. The highest BCUT2D eigenvalue weighted by molar-refractivity contribution is 5.68. The highest BCUT2D eigenvalue weighted by Crippen LogP contribution is 2.31. The van der Waals surface area contributed by atoms with Crippen LogP contribution in [0.1, 0.15) is 20.8 Å². The van der Waals surface area contributed by atoms with Gasteiger partial charge in [0.2, 0.25) is 0 Å². The van der Waals surface area contributed by atoms with Gasteiger partial charge in [-0.05, 0) is 11.0 Å². The molecule has 0 amide bonds. The third-order valence-electron chi connectivity index (χ3n) is 2.61. The molecule has 70 valence electrons. The molecular formula is C11H16N2. The van der Waals surface area contributed by atoms with Gasteiger partial charge in [-0.2, -0.15) is 5.10 Å². The van der Waals surface area contributed by atoms with Crippen molar-refractivity contribution < 1.29 is 0 Å². The topological polar surface area (TPSA) is 24.4 Å².